The summed E-state index contributed by atoms with van der Waals surface area (Å²) in [6.07, 6.45) is 1.08. The van der Waals surface area contributed by atoms with Gasteiger partial charge >= 0.3 is 0 Å². The molecule has 2 rings (SSSR count). The molecule has 1 N–H and O–H groups in total. The molecule has 0 aliphatic rings. The number of nitrogens with one attached hydrogen (secondary N) is 1. The van der Waals surface area contributed by atoms with Crippen LogP contribution < -0.4 is 5.32 Å². The summed E-state index contributed by atoms with van der Waals surface area (Å²) in [5.74, 6) is 0. The van der Waals surface area contributed by atoms with Gasteiger partial charge in [-0.2, -0.15) is 0 Å². The largest absolute Gasteiger partial charge is 0.379 e. The molecule has 0 spiro atoms. The van der Waals surface area contributed by atoms with Crippen molar-refractivity contribution in [3.8, 4) is 0 Å². The third-order valence-corrected chi connectivity index (χ3v) is 3.37. The molecule has 1 unspecified atom stereocenters. The highest BCUT2D eigenvalue weighted by Crippen LogP contribution is 2.22. The minimum Gasteiger partial charge on any atom is -0.379 e. The SMILES string of the molecule is CCc1cccc(NC(C)c2ccccc2C)c1. The first-order valence-corrected chi connectivity index (χ1v) is 6.61. The predicted molar refractivity (Wildman–Crippen MR) is 79.0 cm³/mol. The van der Waals surface area contributed by atoms with Gasteiger partial charge in [0, 0.05) is 11.7 Å². The number of benzene rings is 2. The fraction of sp³-hybridized carbons (Fsp3) is 0.294. The maximum atomic E-state index is 3.57. The second-order valence-corrected chi connectivity index (χ2v) is 4.78. The molecular weight excluding hydrogens is 218 g/mol. The van der Waals surface area contributed by atoms with Crippen LogP contribution in [0.3, 0.4) is 0 Å². The Morgan fingerprint density at radius 1 is 1.06 bits per heavy atom. The summed E-state index contributed by atoms with van der Waals surface area (Å²) in [5.41, 5.74) is 5.27. The number of hydrogen-bond acceptors (Lipinski definition) is 1. The van der Waals surface area contributed by atoms with Crippen molar-refractivity contribution in [3.05, 3.63) is 65.2 Å². The first kappa shape index (κ1) is 12.7. The zero-order chi connectivity index (χ0) is 13.0. The highest BCUT2D eigenvalue weighted by atomic mass is 14.9. The van der Waals surface area contributed by atoms with Gasteiger partial charge in [0.15, 0.2) is 0 Å². The Hall–Kier alpha value is -1.76. The Morgan fingerprint density at radius 3 is 2.56 bits per heavy atom. The molecule has 0 radical (unpaired) electrons. The number of rotatable bonds is 4. The van der Waals surface area contributed by atoms with E-state index in [1.807, 2.05) is 0 Å². The highest BCUT2D eigenvalue weighted by molar-refractivity contribution is 5.48. The third kappa shape index (κ3) is 2.92. The van der Waals surface area contributed by atoms with Crippen molar-refractivity contribution >= 4 is 5.69 Å². The van der Waals surface area contributed by atoms with E-state index in [1.165, 1.54) is 22.4 Å². The number of anilines is 1. The fourth-order valence-corrected chi connectivity index (χ4v) is 2.28. The van der Waals surface area contributed by atoms with Crippen molar-refractivity contribution < 1.29 is 0 Å². The van der Waals surface area contributed by atoms with Gasteiger partial charge < -0.3 is 5.32 Å². The molecule has 1 nitrogen and oxygen atoms in total. The summed E-state index contributed by atoms with van der Waals surface area (Å²) in [7, 11) is 0. The van der Waals surface area contributed by atoms with Gasteiger partial charge in [-0.05, 0) is 49.1 Å². The first-order chi connectivity index (χ1) is 8.70. The van der Waals surface area contributed by atoms with E-state index >= 15 is 0 Å². The van der Waals surface area contributed by atoms with Gasteiger partial charge in [-0.1, -0.05) is 43.3 Å². The van der Waals surface area contributed by atoms with E-state index in [0.29, 0.717) is 6.04 Å². The van der Waals surface area contributed by atoms with Crippen molar-refractivity contribution in [1.82, 2.24) is 0 Å². The molecule has 1 atom stereocenters. The molecule has 1 heteroatoms. The maximum absolute atomic E-state index is 3.57. The Kier molecular flexibility index (Phi) is 4.03. The Morgan fingerprint density at radius 2 is 1.83 bits per heavy atom. The van der Waals surface area contributed by atoms with Gasteiger partial charge in [-0.15, -0.1) is 0 Å². The van der Waals surface area contributed by atoms with Crippen LogP contribution in [0.15, 0.2) is 48.5 Å². The molecule has 18 heavy (non-hydrogen) atoms. The molecule has 2 aromatic carbocycles. The molecule has 0 heterocycles. The van der Waals surface area contributed by atoms with Crippen LogP contribution in [0.1, 0.15) is 36.6 Å². The molecule has 0 bridgehead atoms. The molecule has 0 fully saturated rings. The topological polar surface area (TPSA) is 12.0 Å². The lowest BCUT2D eigenvalue weighted by Crippen LogP contribution is -2.08. The summed E-state index contributed by atoms with van der Waals surface area (Å²) >= 11 is 0. The molecule has 0 amide bonds. The van der Waals surface area contributed by atoms with E-state index in [9.17, 15) is 0 Å². The van der Waals surface area contributed by atoms with Gasteiger partial charge in [-0.3, -0.25) is 0 Å². The van der Waals surface area contributed by atoms with Crippen molar-refractivity contribution in [3.63, 3.8) is 0 Å². The van der Waals surface area contributed by atoms with Crippen molar-refractivity contribution in [2.45, 2.75) is 33.2 Å². The zero-order valence-corrected chi connectivity index (χ0v) is 11.4. The summed E-state index contributed by atoms with van der Waals surface area (Å²) < 4.78 is 0. The van der Waals surface area contributed by atoms with Gasteiger partial charge in [0.25, 0.3) is 0 Å². The third-order valence-electron chi connectivity index (χ3n) is 3.37. The molecular formula is C17H21N. The Labute approximate surface area is 110 Å². The average molecular weight is 239 g/mol. The second-order valence-electron chi connectivity index (χ2n) is 4.78. The number of aryl methyl sites for hydroxylation is 2. The molecule has 2 aromatic rings. The van der Waals surface area contributed by atoms with Crippen molar-refractivity contribution in [2.75, 3.05) is 5.32 Å². The van der Waals surface area contributed by atoms with E-state index in [-0.39, 0.29) is 0 Å². The first-order valence-electron chi connectivity index (χ1n) is 6.61. The van der Waals surface area contributed by atoms with Gasteiger partial charge in [0.2, 0.25) is 0 Å². The molecule has 0 aromatic heterocycles. The average Bonchev–Trinajstić information content (AvgIpc) is 2.39. The van der Waals surface area contributed by atoms with Crippen LogP contribution in [-0.4, -0.2) is 0 Å². The van der Waals surface area contributed by atoms with E-state index in [4.69, 9.17) is 0 Å². The summed E-state index contributed by atoms with van der Waals surface area (Å²) in [5, 5.41) is 3.57. The van der Waals surface area contributed by atoms with Crippen molar-refractivity contribution in [1.29, 1.82) is 0 Å². The van der Waals surface area contributed by atoms with Crippen LogP contribution in [0.4, 0.5) is 5.69 Å². The Bertz CT molecular complexity index is 517. The van der Waals surface area contributed by atoms with E-state index in [0.717, 1.165) is 6.42 Å². The van der Waals surface area contributed by atoms with Crippen LogP contribution in [0.25, 0.3) is 0 Å². The van der Waals surface area contributed by atoms with Crippen LogP contribution in [-0.2, 0) is 6.42 Å². The van der Waals surface area contributed by atoms with Gasteiger partial charge in [-0.25, -0.2) is 0 Å². The maximum Gasteiger partial charge on any atom is 0.0488 e. The van der Waals surface area contributed by atoms with Crippen LogP contribution in [0, 0.1) is 6.92 Å². The molecule has 0 aliphatic heterocycles. The lowest BCUT2D eigenvalue weighted by atomic mass is 10.0. The lowest BCUT2D eigenvalue weighted by Gasteiger charge is -2.18. The van der Waals surface area contributed by atoms with Crippen LogP contribution in [0.2, 0.25) is 0 Å². The van der Waals surface area contributed by atoms with E-state index < -0.39 is 0 Å². The quantitative estimate of drug-likeness (QED) is 0.813. The lowest BCUT2D eigenvalue weighted by molar-refractivity contribution is 0.873. The van der Waals surface area contributed by atoms with Crippen LogP contribution in [0.5, 0.6) is 0 Å². The van der Waals surface area contributed by atoms with Gasteiger partial charge in [0.05, 0.1) is 0 Å². The predicted octanol–water partition coefficient (Wildman–Crippen LogP) is 4.73. The minimum absolute atomic E-state index is 0.332. The molecule has 0 saturated carbocycles. The second kappa shape index (κ2) is 5.72. The highest BCUT2D eigenvalue weighted by Gasteiger charge is 2.07. The Balaban J connectivity index is 2.16. The van der Waals surface area contributed by atoms with E-state index in [1.54, 1.807) is 0 Å². The summed E-state index contributed by atoms with van der Waals surface area (Å²) in [4.78, 5) is 0. The normalized spacial score (nSPS) is 12.2. The van der Waals surface area contributed by atoms with Crippen LogP contribution >= 0.6 is 0 Å². The molecule has 0 aliphatic carbocycles. The molecule has 94 valence electrons. The summed E-state index contributed by atoms with van der Waals surface area (Å²) in [6, 6.07) is 17.5. The van der Waals surface area contributed by atoms with Gasteiger partial charge in [0.1, 0.15) is 0 Å². The molecule has 0 saturated heterocycles. The standard InChI is InChI=1S/C17H21N/c1-4-15-9-7-10-16(12-15)18-14(3)17-11-6-5-8-13(17)2/h5-12,14,18H,4H2,1-3H3. The number of hydrogen-bond donors (Lipinski definition) is 1. The smallest absolute Gasteiger partial charge is 0.0488 e. The minimum atomic E-state index is 0.332. The van der Waals surface area contributed by atoms with Crippen molar-refractivity contribution in [2.24, 2.45) is 0 Å². The monoisotopic (exact) mass is 239 g/mol. The zero-order valence-electron chi connectivity index (χ0n) is 11.4. The summed E-state index contributed by atoms with van der Waals surface area (Å²) in [6.45, 7) is 6.56. The fourth-order valence-electron chi connectivity index (χ4n) is 2.28. The van der Waals surface area contributed by atoms with E-state index in [2.05, 4.69) is 74.6 Å².